The fraction of sp³-hybridized carbons (Fsp3) is 0. The second-order valence-electron chi connectivity index (χ2n) is 12.0. The molecule has 4 heteroatoms. The van der Waals surface area contributed by atoms with Gasteiger partial charge in [-0.05, 0) is 74.1 Å². The van der Waals surface area contributed by atoms with Crippen LogP contribution in [0.5, 0.6) is 0 Å². The van der Waals surface area contributed by atoms with Crippen molar-refractivity contribution in [1.82, 2.24) is 15.0 Å². The fourth-order valence-electron chi connectivity index (χ4n) is 7.01. The number of fused-ring (bicyclic) bond motifs is 9. The van der Waals surface area contributed by atoms with E-state index in [1.165, 1.54) is 47.1 Å². The Labute approximate surface area is 274 Å². The topological polar surface area (TPSA) is 38.7 Å². The van der Waals surface area contributed by atoms with Crippen molar-refractivity contribution in [3.8, 4) is 34.2 Å². The molecule has 0 bridgehead atoms. The van der Waals surface area contributed by atoms with E-state index in [0.717, 1.165) is 32.8 Å². The molecule has 0 N–H and O–H groups in total. The highest BCUT2D eigenvalue weighted by molar-refractivity contribution is 7.25. The highest BCUT2D eigenvalue weighted by Gasteiger charge is 2.18. The monoisotopic (exact) mass is 615 g/mol. The summed E-state index contributed by atoms with van der Waals surface area (Å²) in [5, 5.41) is 11.9. The van der Waals surface area contributed by atoms with Crippen molar-refractivity contribution in [3.05, 3.63) is 152 Å². The zero-order valence-corrected chi connectivity index (χ0v) is 26.0. The normalized spacial score (nSPS) is 11.8. The smallest absolute Gasteiger partial charge is 0.164 e. The van der Waals surface area contributed by atoms with Crippen LogP contribution in [0.25, 0.3) is 97.4 Å². The van der Waals surface area contributed by atoms with E-state index in [2.05, 4.69) is 152 Å². The lowest BCUT2D eigenvalue weighted by atomic mass is 9.92. The molecule has 0 unspecified atom stereocenters. The summed E-state index contributed by atoms with van der Waals surface area (Å²) in [6.45, 7) is 0. The lowest BCUT2D eigenvalue weighted by Gasteiger charge is -2.14. The molecule has 2 heterocycles. The molecule has 0 aliphatic rings. The van der Waals surface area contributed by atoms with Gasteiger partial charge in [-0.2, -0.15) is 0 Å². The van der Waals surface area contributed by atoms with Crippen LogP contribution in [0.3, 0.4) is 0 Å². The number of benzene rings is 8. The van der Waals surface area contributed by atoms with Crippen molar-refractivity contribution in [1.29, 1.82) is 0 Å². The van der Waals surface area contributed by atoms with E-state index in [0.29, 0.717) is 17.5 Å². The molecule has 3 nitrogen and oxygen atoms in total. The third-order valence-corrected chi connectivity index (χ3v) is 10.4. The molecule has 0 radical (unpaired) electrons. The molecule has 0 saturated heterocycles. The van der Waals surface area contributed by atoms with Crippen molar-refractivity contribution >= 4 is 74.6 Å². The van der Waals surface area contributed by atoms with Crippen molar-refractivity contribution in [3.63, 3.8) is 0 Å². The molecule has 0 amide bonds. The minimum atomic E-state index is 0.660. The first kappa shape index (κ1) is 26.3. The lowest BCUT2D eigenvalue weighted by molar-refractivity contribution is 1.08. The summed E-state index contributed by atoms with van der Waals surface area (Å²) in [5.41, 5.74) is 2.94. The first-order valence-corrected chi connectivity index (χ1v) is 16.6. The molecular weight excluding hydrogens is 591 g/mol. The van der Waals surface area contributed by atoms with Crippen molar-refractivity contribution < 1.29 is 0 Å². The predicted molar refractivity (Wildman–Crippen MR) is 199 cm³/mol. The van der Waals surface area contributed by atoms with Crippen LogP contribution in [0.15, 0.2) is 152 Å². The molecule has 0 fully saturated rings. The van der Waals surface area contributed by atoms with Gasteiger partial charge >= 0.3 is 0 Å². The van der Waals surface area contributed by atoms with Crippen LogP contribution in [0, 0.1) is 0 Å². The number of aromatic nitrogens is 3. The van der Waals surface area contributed by atoms with Crippen molar-refractivity contribution in [2.24, 2.45) is 0 Å². The molecule has 218 valence electrons. The van der Waals surface area contributed by atoms with E-state index in [4.69, 9.17) is 15.0 Å². The number of hydrogen-bond acceptors (Lipinski definition) is 4. The van der Waals surface area contributed by atoms with Gasteiger partial charge in [0, 0.05) is 42.2 Å². The van der Waals surface area contributed by atoms with E-state index in [9.17, 15) is 0 Å². The first-order chi connectivity index (χ1) is 23.3. The van der Waals surface area contributed by atoms with Crippen LogP contribution in [-0.4, -0.2) is 15.0 Å². The Morgan fingerprint density at radius 1 is 0.340 bits per heavy atom. The standard InChI is InChI=1S/C43H25N3S/c1-2-11-28-23-30(18-17-26(28)9-1)41-44-42(31-20-22-39-36(25-31)34-15-7-8-16-38(34)47-39)46-43(45-41)37-24-29-12-4-5-13-32(29)35-21-19-27-10-3-6-14-33(27)40(35)37/h1-25H. The van der Waals surface area contributed by atoms with Crippen molar-refractivity contribution in [2.75, 3.05) is 0 Å². The molecule has 0 aliphatic carbocycles. The van der Waals surface area contributed by atoms with Crippen LogP contribution in [0.4, 0.5) is 0 Å². The molecular formula is C43H25N3S. The van der Waals surface area contributed by atoms with Gasteiger partial charge in [-0.3, -0.25) is 0 Å². The van der Waals surface area contributed by atoms with E-state index in [-0.39, 0.29) is 0 Å². The summed E-state index contributed by atoms with van der Waals surface area (Å²) in [6, 6.07) is 53.9. The molecule has 10 aromatic rings. The number of nitrogens with zero attached hydrogens (tertiary/aromatic N) is 3. The second-order valence-corrected chi connectivity index (χ2v) is 13.1. The van der Waals surface area contributed by atoms with Gasteiger partial charge in [0.2, 0.25) is 0 Å². The third kappa shape index (κ3) is 4.23. The minimum absolute atomic E-state index is 0.660. The Balaban J connectivity index is 1.29. The number of hydrogen-bond donors (Lipinski definition) is 0. The Hall–Kier alpha value is -5.97. The number of rotatable bonds is 3. The second kappa shape index (κ2) is 10.3. The van der Waals surface area contributed by atoms with E-state index in [1.54, 1.807) is 0 Å². The van der Waals surface area contributed by atoms with Gasteiger partial charge in [-0.25, -0.2) is 15.0 Å². The predicted octanol–water partition coefficient (Wildman–Crippen LogP) is 11.9. The summed E-state index contributed by atoms with van der Waals surface area (Å²) in [7, 11) is 0. The molecule has 10 rings (SSSR count). The van der Waals surface area contributed by atoms with E-state index in [1.807, 2.05) is 11.3 Å². The average Bonchev–Trinajstić information content (AvgIpc) is 3.52. The molecule has 0 atom stereocenters. The first-order valence-electron chi connectivity index (χ1n) is 15.8. The highest BCUT2D eigenvalue weighted by Crippen LogP contribution is 2.40. The molecule has 2 aromatic heterocycles. The highest BCUT2D eigenvalue weighted by atomic mass is 32.1. The maximum atomic E-state index is 5.28. The Morgan fingerprint density at radius 3 is 1.79 bits per heavy atom. The van der Waals surface area contributed by atoms with Crippen LogP contribution < -0.4 is 0 Å². The SMILES string of the molecule is c1ccc2cc(-c3nc(-c4ccc5sc6ccccc6c5c4)nc(-c4cc5ccccc5c5ccc6ccccc6c45)n3)ccc2c1. The summed E-state index contributed by atoms with van der Waals surface area (Å²) < 4.78 is 2.54. The van der Waals surface area contributed by atoms with Gasteiger partial charge in [-0.1, -0.05) is 115 Å². The van der Waals surface area contributed by atoms with Crippen LogP contribution in [0.1, 0.15) is 0 Å². The van der Waals surface area contributed by atoms with Crippen LogP contribution in [0.2, 0.25) is 0 Å². The molecule has 0 aliphatic heterocycles. The van der Waals surface area contributed by atoms with Crippen LogP contribution >= 0.6 is 11.3 Å². The van der Waals surface area contributed by atoms with Gasteiger partial charge in [0.15, 0.2) is 17.5 Å². The minimum Gasteiger partial charge on any atom is -0.208 e. The molecule has 0 saturated carbocycles. The van der Waals surface area contributed by atoms with Gasteiger partial charge in [0.25, 0.3) is 0 Å². The number of thiophene rings is 1. The molecule has 0 spiro atoms. The quantitative estimate of drug-likeness (QED) is 0.186. The van der Waals surface area contributed by atoms with Gasteiger partial charge in [-0.15, -0.1) is 11.3 Å². The summed E-state index contributed by atoms with van der Waals surface area (Å²) >= 11 is 1.82. The maximum Gasteiger partial charge on any atom is 0.164 e. The maximum absolute atomic E-state index is 5.28. The summed E-state index contributed by atoms with van der Waals surface area (Å²) in [6.07, 6.45) is 0. The zero-order chi connectivity index (χ0) is 30.9. The molecule has 8 aromatic carbocycles. The van der Waals surface area contributed by atoms with Gasteiger partial charge in [0.1, 0.15) is 0 Å². The van der Waals surface area contributed by atoms with E-state index >= 15 is 0 Å². The summed E-state index contributed by atoms with van der Waals surface area (Å²) in [4.78, 5) is 15.7. The Kier molecular flexibility index (Phi) is 5.74. The average molecular weight is 616 g/mol. The lowest BCUT2D eigenvalue weighted by Crippen LogP contribution is -2.01. The Bertz CT molecular complexity index is 2870. The van der Waals surface area contributed by atoms with Crippen LogP contribution in [-0.2, 0) is 0 Å². The summed E-state index contributed by atoms with van der Waals surface area (Å²) in [5.74, 6) is 1.99. The largest absolute Gasteiger partial charge is 0.208 e. The fourth-order valence-corrected chi connectivity index (χ4v) is 8.09. The van der Waals surface area contributed by atoms with Crippen molar-refractivity contribution in [2.45, 2.75) is 0 Å². The van der Waals surface area contributed by atoms with E-state index < -0.39 is 0 Å². The molecule has 47 heavy (non-hydrogen) atoms. The zero-order valence-electron chi connectivity index (χ0n) is 25.2. The van der Waals surface area contributed by atoms with Gasteiger partial charge < -0.3 is 0 Å². The Morgan fingerprint density at radius 2 is 0.936 bits per heavy atom. The van der Waals surface area contributed by atoms with Gasteiger partial charge in [0.05, 0.1) is 0 Å². The third-order valence-electron chi connectivity index (χ3n) is 9.27.